The van der Waals surface area contributed by atoms with Gasteiger partial charge in [-0.05, 0) is 6.42 Å². The van der Waals surface area contributed by atoms with Crippen molar-refractivity contribution in [2.24, 2.45) is 5.92 Å². The van der Waals surface area contributed by atoms with Crippen LogP contribution in [0.25, 0.3) is 0 Å². The summed E-state index contributed by atoms with van der Waals surface area (Å²) in [6.45, 7) is 0. The van der Waals surface area contributed by atoms with Crippen molar-refractivity contribution >= 4 is 23.4 Å². The summed E-state index contributed by atoms with van der Waals surface area (Å²) in [5, 5.41) is 0. The molecule has 1 aromatic rings. The van der Waals surface area contributed by atoms with E-state index in [1.807, 2.05) is 6.07 Å². The Bertz CT molecular complexity index is 429. The lowest BCUT2D eigenvalue weighted by Crippen LogP contribution is -2.22. The highest BCUT2D eigenvalue weighted by molar-refractivity contribution is 6.42. The van der Waals surface area contributed by atoms with Gasteiger partial charge in [-0.15, -0.1) is 11.6 Å². The first-order valence-electron chi connectivity index (χ1n) is 4.96. The Hall–Kier alpha value is -1.35. The van der Waals surface area contributed by atoms with E-state index in [4.69, 9.17) is 11.6 Å². The maximum absolute atomic E-state index is 12.0. The molecule has 2 rings (SSSR count). The number of hydrogen-bond donors (Lipinski definition) is 0. The molecule has 0 N–H and O–H groups in total. The van der Waals surface area contributed by atoms with Gasteiger partial charge in [0.1, 0.15) is 4.87 Å². The lowest BCUT2D eigenvalue weighted by molar-refractivity contribution is -0.142. The third kappa shape index (κ3) is 1.71. The Kier molecular flexibility index (Phi) is 2.72. The van der Waals surface area contributed by atoms with Crippen LogP contribution in [0, 0.1) is 5.92 Å². The number of carbonyl (C=O) groups excluding carboxylic acids is 2. The molecule has 0 heterocycles. The number of ether oxygens (including phenoxy) is 1. The minimum absolute atomic E-state index is 0.204. The summed E-state index contributed by atoms with van der Waals surface area (Å²) in [6.07, 6.45) is 0.356. The Morgan fingerprint density at radius 2 is 2.00 bits per heavy atom. The predicted octanol–water partition coefficient (Wildman–Crippen LogP) is 2.04. The van der Waals surface area contributed by atoms with Crippen molar-refractivity contribution in [1.29, 1.82) is 0 Å². The molecule has 0 spiro atoms. The Morgan fingerprint density at radius 3 is 2.56 bits per heavy atom. The van der Waals surface area contributed by atoms with Crippen molar-refractivity contribution in [3.63, 3.8) is 0 Å². The van der Waals surface area contributed by atoms with Gasteiger partial charge in [-0.2, -0.15) is 0 Å². The maximum Gasteiger partial charge on any atom is 0.311 e. The molecule has 3 nitrogen and oxygen atoms in total. The normalized spacial score (nSPS) is 27.2. The van der Waals surface area contributed by atoms with Crippen LogP contribution < -0.4 is 0 Å². The first kappa shape index (κ1) is 11.1. The summed E-state index contributed by atoms with van der Waals surface area (Å²) in [5.74, 6) is -1.13. The Labute approximate surface area is 98.4 Å². The Balaban J connectivity index is 2.17. The largest absolute Gasteiger partial charge is 0.469 e. The van der Waals surface area contributed by atoms with Gasteiger partial charge in [0.15, 0.2) is 5.78 Å². The van der Waals surface area contributed by atoms with E-state index in [0.29, 0.717) is 12.0 Å². The van der Waals surface area contributed by atoms with Gasteiger partial charge in [0.05, 0.1) is 13.0 Å². The van der Waals surface area contributed by atoms with Crippen LogP contribution in [0.3, 0.4) is 0 Å². The molecule has 1 aliphatic rings. The molecule has 0 aliphatic heterocycles. The van der Waals surface area contributed by atoms with Crippen LogP contribution in [0.5, 0.6) is 0 Å². The van der Waals surface area contributed by atoms with E-state index in [1.54, 1.807) is 24.3 Å². The second-order valence-corrected chi connectivity index (χ2v) is 4.51. The molecule has 16 heavy (non-hydrogen) atoms. The highest BCUT2D eigenvalue weighted by Crippen LogP contribution is 2.52. The molecule has 1 aliphatic carbocycles. The molecule has 0 amide bonds. The fourth-order valence-corrected chi connectivity index (χ4v) is 2.08. The number of carbonyl (C=O) groups is 2. The van der Waals surface area contributed by atoms with E-state index in [2.05, 4.69) is 4.74 Å². The molecule has 0 saturated heterocycles. The molecule has 0 radical (unpaired) electrons. The van der Waals surface area contributed by atoms with E-state index >= 15 is 0 Å². The molecule has 0 bridgehead atoms. The minimum atomic E-state index is -1.09. The summed E-state index contributed by atoms with van der Waals surface area (Å²) in [7, 11) is 1.30. The first-order chi connectivity index (χ1) is 7.59. The number of benzene rings is 1. The molecule has 84 valence electrons. The van der Waals surface area contributed by atoms with Crippen LogP contribution >= 0.6 is 11.6 Å². The van der Waals surface area contributed by atoms with Gasteiger partial charge < -0.3 is 4.74 Å². The number of halogens is 1. The highest BCUT2D eigenvalue weighted by Gasteiger charge is 2.63. The summed E-state index contributed by atoms with van der Waals surface area (Å²) >= 11 is 6.12. The zero-order chi connectivity index (χ0) is 11.8. The number of hydrogen-bond acceptors (Lipinski definition) is 3. The van der Waals surface area contributed by atoms with Crippen LogP contribution in [0.2, 0.25) is 0 Å². The quantitative estimate of drug-likeness (QED) is 0.460. The lowest BCUT2D eigenvalue weighted by Gasteiger charge is -2.06. The zero-order valence-electron chi connectivity index (χ0n) is 8.77. The van der Waals surface area contributed by atoms with E-state index in [9.17, 15) is 9.59 Å². The van der Waals surface area contributed by atoms with Gasteiger partial charge in [0.25, 0.3) is 0 Å². The van der Waals surface area contributed by atoms with Crippen molar-refractivity contribution in [2.75, 3.05) is 7.11 Å². The van der Waals surface area contributed by atoms with Crippen LogP contribution in [-0.4, -0.2) is 23.7 Å². The first-order valence-corrected chi connectivity index (χ1v) is 5.34. The molecule has 1 aromatic carbocycles. The van der Waals surface area contributed by atoms with Crippen LogP contribution in [0.1, 0.15) is 16.8 Å². The standard InChI is InChI=1S/C12H11ClO3/c1-16-11(15)9-7-12(9,13)10(14)8-5-3-2-4-6-8/h2-6,9H,7H2,1H3/t9-,12-/m1/s1. The van der Waals surface area contributed by atoms with E-state index in [-0.39, 0.29) is 5.78 Å². The molecule has 0 unspecified atom stereocenters. The third-order valence-corrected chi connectivity index (χ3v) is 3.38. The van der Waals surface area contributed by atoms with Gasteiger partial charge in [-0.25, -0.2) is 0 Å². The molecular formula is C12H11ClO3. The summed E-state index contributed by atoms with van der Waals surface area (Å²) in [5.41, 5.74) is 0.531. The average molecular weight is 239 g/mol. The topological polar surface area (TPSA) is 43.4 Å². The Morgan fingerprint density at radius 1 is 1.38 bits per heavy atom. The zero-order valence-corrected chi connectivity index (χ0v) is 9.53. The fraction of sp³-hybridized carbons (Fsp3) is 0.333. The predicted molar refractivity (Wildman–Crippen MR) is 59.5 cm³/mol. The maximum atomic E-state index is 12.0. The van der Waals surface area contributed by atoms with Gasteiger partial charge in [0.2, 0.25) is 0 Å². The van der Waals surface area contributed by atoms with Gasteiger partial charge in [0, 0.05) is 5.56 Å². The van der Waals surface area contributed by atoms with Crippen LogP contribution in [0.4, 0.5) is 0 Å². The highest BCUT2D eigenvalue weighted by atomic mass is 35.5. The molecule has 1 saturated carbocycles. The second-order valence-electron chi connectivity index (χ2n) is 3.84. The number of ketones is 1. The van der Waals surface area contributed by atoms with E-state index in [0.717, 1.165) is 0 Å². The van der Waals surface area contributed by atoms with Gasteiger partial charge in [-0.3, -0.25) is 9.59 Å². The number of methoxy groups -OCH3 is 1. The molecule has 1 fully saturated rings. The number of esters is 1. The second kappa shape index (κ2) is 3.91. The monoisotopic (exact) mass is 238 g/mol. The van der Waals surface area contributed by atoms with Crippen LogP contribution in [-0.2, 0) is 9.53 Å². The van der Waals surface area contributed by atoms with Crippen molar-refractivity contribution in [2.45, 2.75) is 11.3 Å². The number of rotatable bonds is 3. The fourth-order valence-electron chi connectivity index (χ4n) is 1.73. The summed E-state index contributed by atoms with van der Waals surface area (Å²) in [4.78, 5) is 22.2. The summed E-state index contributed by atoms with van der Waals surface area (Å²) in [6, 6.07) is 8.74. The third-order valence-electron chi connectivity index (χ3n) is 2.79. The molecule has 4 heteroatoms. The smallest absolute Gasteiger partial charge is 0.311 e. The molecular weight excluding hydrogens is 228 g/mol. The summed E-state index contributed by atoms with van der Waals surface area (Å²) < 4.78 is 4.58. The molecule has 2 atom stereocenters. The van der Waals surface area contributed by atoms with E-state index < -0.39 is 16.8 Å². The van der Waals surface area contributed by atoms with Crippen LogP contribution in [0.15, 0.2) is 30.3 Å². The van der Waals surface area contributed by atoms with Crippen molar-refractivity contribution in [3.8, 4) is 0 Å². The average Bonchev–Trinajstić information content (AvgIpc) is 3.02. The van der Waals surface area contributed by atoms with Crippen molar-refractivity contribution < 1.29 is 14.3 Å². The van der Waals surface area contributed by atoms with Gasteiger partial charge in [-0.1, -0.05) is 30.3 Å². The van der Waals surface area contributed by atoms with Crippen molar-refractivity contribution in [3.05, 3.63) is 35.9 Å². The molecule has 0 aromatic heterocycles. The van der Waals surface area contributed by atoms with Crippen molar-refractivity contribution in [1.82, 2.24) is 0 Å². The lowest BCUT2D eigenvalue weighted by atomic mass is 10.1. The van der Waals surface area contributed by atoms with Gasteiger partial charge >= 0.3 is 5.97 Å². The van der Waals surface area contributed by atoms with E-state index in [1.165, 1.54) is 7.11 Å². The number of alkyl halides is 1. The minimum Gasteiger partial charge on any atom is -0.469 e. The number of Topliss-reactive ketones (excluding diaryl/α,β-unsaturated/α-hetero) is 1. The SMILES string of the molecule is COC(=O)[C@H]1C[C@]1(Cl)C(=O)c1ccccc1.